The van der Waals surface area contributed by atoms with Crippen molar-refractivity contribution in [3.8, 4) is 0 Å². The van der Waals surface area contributed by atoms with Gasteiger partial charge in [-0.3, -0.25) is 4.79 Å². The van der Waals surface area contributed by atoms with Crippen LogP contribution in [0, 0.1) is 5.92 Å². The average Bonchev–Trinajstić information content (AvgIpc) is 1.80. The molecule has 0 bridgehead atoms. The predicted octanol–water partition coefficient (Wildman–Crippen LogP) is 0.573. The molecule has 0 aromatic carbocycles. The van der Waals surface area contributed by atoms with E-state index < -0.39 is 11.5 Å². The van der Waals surface area contributed by atoms with E-state index in [1.165, 1.54) is 0 Å². The van der Waals surface area contributed by atoms with E-state index in [1.807, 2.05) is 0 Å². The Kier molecular flexibility index (Phi) is 2.01. The minimum Gasteiger partial charge on any atom is -0.480 e. The summed E-state index contributed by atoms with van der Waals surface area (Å²) in [5.74, 6) is -0.411. The van der Waals surface area contributed by atoms with Gasteiger partial charge in [-0.2, -0.15) is 0 Å². The molecular weight excluding hydrogens is 198 g/mol. The first-order valence-corrected chi connectivity index (χ1v) is 4.29. The fraction of sp³-hybridized carbons (Fsp3) is 0.833. The molecule has 0 heterocycles. The molecule has 0 atom stereocenters. The van der Waals surface area contributed by atoms with Crippen LogP contribution in [0.3, 0.4) is 0 Å². The van der Waals surface area contributed by atoms with E-state index in [9.17, 15) is 4.79 Å². The lowest BCUT2D eigenvalue weighted by Gasteiger charge is -2.40. The van der Waals surface area contributed by atoms with Crippen molar-refractivity contribution >= 4 is 21.9 Å². The molecule has 3 N–H and O–H groups in total. The van der Waals surface area contributed by atoms with E-state index in [-0.39, 0.29) is 0 Å². The molecular formula is C6H10BrNO2. The average molecular weight is 208 g/mol. The first kappa shape index (κ1) is 8.01. The van der Waals surface area contributed by atoms with Crippen molar-refractivity contribution in [1.29, 1.82) is 0 Å². The Morgan fingerprint density at radius 2 is 2.30 bits per heavy atom. The van der Waals surface area contributed by atoms with Crippen molar-refractivity contribution in [1.82, 2.24) is 0 Å². The number of nitrogens with two attached hydrogens (primary N) is 1. The molecule has 0 saturated heterocycles. The minimum atomic E-state index is -0.918. The number of carboxylic acids is 1. The monoisotopic (exact) mass is 207 g/mol. The second kappa shape index (κ2) is 2.51. The fourth-order valence-corrected chi connectivity index (χ4v) is 1.71. The molecule has 3 nitrogen and oxygen atoms in total. The van der Waals surface area contributed by atoms with Crippen molar-refractivity contribution in [3.05, 3.63) is 0 Å². The van der Waals surface area contributed by atoms with E-state index in [0.717, 1.165) is 5.33 Å². The van der Waals surface area contributed by atoms with E-state index >= 15 is 0 Å². The molecule has 4 heteroatoms. The van der Waals surface area contributed by atoms with Crippen LogP contribution in [-0.2, 0) is 4.79 Å². The molecule has 0 spiro atoms. The van der Waals surface area contributed by atoms with E-state index in [4.69, 9.17) is 10.8 Å². The summed E-state index contributed by atoms with van der Waals surface area (Å²) in [6.07, 6.45) is 1.21. The Morgan fingerprint density at radius 1 is 1.80 bits per heavy atom. The van der Waals surface area contributed by atoms with Crippen molar-refractivity contribution in [2.45, 2.75) is 18.4 Å². The van der Waals surface area contributed by atoms with Crippen LogP contribution in [0.1, 0.15) is 12.8 Å². The molecule has 0 aromatic heterocycles. The van der Waals surface area contributed by atoms with E-state index in [2.05, 4.69) is 15.9 Å². The number of halogens is 1. The van der Waals surface area contributed by atoms with Gasteiger partial charge in [0.25, 0.3) is 0 Å². The number of carboxylic acid groups (broad SMARTS) is 1. The van der Waals surface area contributed by atoms with Gasteiger partial charge in [0.05, 0.1) is 0 Å². The highest BCUT2D eigenvalue weighted by Crippen LogP contribution is 2.36. The van der Waals surface area contributed by atoms with Gasteiger partial charge < -0.3 is 10.8 Å². The summed E-state index contributed by atoms with van der Waals surface area (Å²) in [6, 6.07) is 0. The van der Waals surface area contributed by atoms with Crippen LogP contribution >= 0.6 is 15.9 Å². The lowest BCUT2D eigenvalue weighted by Crippen LogP contribution is -2.58. The minimum absolute atomic E-state index is 0.459. The fourth-order valence-electron chi connectivity index (χ4n) is 1.25. The second-order valence-corrected chi connectivity index (χ2v) is 3.54. The summed E-state index contributed by atoms with van der Waals surface area (Å²) in [7, 11) is 0. The molecule has 10 heavy (non-hydrogen) atoms. The van der Waals surface area contributed by atoms with Gasteiger partial charge in [-0.15, -0.1) is 0 Å². The molecule has 1 saturated carbocycles. The van der Waals surface area contributed by atoms with Crippen molar-refractivity contribution < 1.29 is 9.90 Å². The van der Waals surface area contributed by atoms with Crippen LogP contribution < -0.4 is 5.73 Å². The maximum absolute atomic E-state index is 10.4. The van der Waals surface area contributed by atoms with Crippen molar-refractivity contribution in [2.24, 2.45) is 11.7 Å². The Bertz CT molecular complexity index is 154. The Morgan fingerprint density at radius 3 is 2.60 bits per heavy atom. The molecule has 1 fully saturated rings. The zero-order chi connectivity index (χ0) is 7.78. The van der Waals surface area contributed by atoms with Gasteiger partial charge in [-0.25, -0.2) is 0 Å². The Labute approximate surface area is 67.7 Å². The summed E-state index contributed by atoms with van der Waals surface area (Å²) < 4.78 is 0. The zero-order valence-electron chi connectivity index (χ0n) is 5.51. The highest BCUT2D eigenvalue weighted by molar-refractivity contribution is 9.09. The quantitative estimate of drug-likeness (QED) is 0.652. The standard InChI is InChI=1S/C6H10BrNO2/c7-3-4-1-6(8,2-4)5(9)10/h4H,1-3,8H2,(H,9,10)/t4-,6+. The number of hydrogen-bond donors (Lipinski definition) is 2. The third kappa shape index (κ3) is 1.18. The normalized spacial score (nSPS) is 38.8. The smallest absolute Gasteiger partial charge is 0.323 e. The molecule has 0 aliphatic heterocycles. The summed E-state index contributed by atoms with van der Waals surface area (Å²) in [6.45, 7) is 0. The van der Waals surface area contributed by atoms with Gasteiger partial charge in [0, 0.05) is 5.33 Å². The second-order valence-electron chi connectivity index (χ2n) is 2.89. The maximum Gasteiger partial charge on any atom is 0.323 e. The van der Waals surface area contributed by atoms with Gasteiger partial charge in [0.2, 0.25) is 0 Å². The largest absolute Gasteiger partial charge is 0.480 e. The van der Waals surface area contributed by atoms with Gasteiger partial charge in [-0.05, 0) is 18.8 Å². The summed E-state index contributed by atoms with van der Waals surface area (Å²) >= 11 is 3.28. The third-order valence-corrected chi connectivity index (χ3v) is 2.87. The number of aliphatic carboxylic acids is 1. The van der Waals surface area contributed by atoms with Gasteiger partial charge in [0.15, 0.2) is 0 Å². The van der Waals surface area contributed by atoms with Gasteiger partial charge in [0.1, 0.15) is 5.54 Å². The van der Waals surface area contributed by atoms with Crippen LogP contribution in [0.5, 0.6) is 0 Å². The number of alkyl halides is 1. The first-order valence-electron chi connectivity index (χ1n) is 3.17. The molecule has 0 unspecified atom stereocenters. The summed E-state index contributed by atoms with van der Waals surface area (Å²) in [4.78, 5) is 10.4. The predicted molar refractivity (Wildman–Crippen MR) is 41.1 cm³/mol. The molecule has 0 amide bonds. The Hall–Kier alpha value is -0.0900. The van der Waals surface area contributed by atoms with Crippen molar-refractivity contribution in [2.75, 3.05) is 5.33 Å². The first-order chi connectivity index (χ1) is 4.58. The van der Waals surface area contributed by atoms with Crippen LogP contribution in [0.4, 0.5) is 0 Å². The highest BCUT2D eigenvalue weighted by Gasteiger charge is 2.46. The third-order valence-electron chi connectivity index (χ3n) is 1.95. The molecule has 1 aliphatic carbocycles. The van der Waals surface area contributed by atoms with Crippen LogP contribution in [-0.4, -0.2) is 21.9 Å². The van der Waals surface area contributed by atoms with Crippen LogP contribution in [0.25, 0.3) is 0 Å². The topological polar surface area (TPSA) is 63.3 Å². The van der Waals surface area contributed by atoms with E-state index in [0.29, 0.717) is 18.8 Å². The molecule has 1 aliphatic rings. The van der Waals surface area contributed by atoms with Gasteiger partial charge in [-0.1, -0.05) is 15.9 Å². The zero-order valence-corrected chi connectivity index (χ0v) is 7.10. The SMILES string of the molecule is N[C@]1(C(=O)O)C[C@H](CBr)C1. The molecule has 0 radical (unpaired) electrons. The van der Waals surface area contributed by atoms with Crippen LogP contribution in [0.2, 0.25) is 0 Å². The maximum atomic E-state index is 10.4. The lowest BCUT2D eigenvalue weighted by molar-refractivity contribution is -0.148. The molecule has 1 rings (SSSR count). The molecule has 0 aromatic rings. The lowest BCUT2D eigenvalue weighted by atomic mass is 9.70. The number of carbonyl (C=O) groups is 1. The van der Waals surface area contributed by atoms with E-state index in [1.54, 1.807) is 0 Å². The van der Waals surface area contributed by atoms with Crippen LogP contribution in [0.15, 0.2) is 0 Å². The highest BCUT2D eigenvalue weighted by atomic mass is 79.9. The molecule has 58 valence electrons. The summed E-state index contributed by atoms with van der Waals surface area (Å²) in [5, 5.41) is 9.43. The summed E-state index contributed by atoms with van der Waals surface area (Å²) in [5.41, 5.74) is 4.57. The number of hydrogen-bond acceptors (Lipinski definition) is 2. The number of rotatable bonds is 2. The van der Waals surface area contributed by atoms with Gasteiger partial charge >= 0.3 is 5.97 Å². The van der Waals surface area contributed by atoms with Crippen molar-refractivity contribution in [3.63, 3.8) is 0 Å². The Balaban J connectivity index is 2.42.